The van der Waals surface area contributed by atoms with Gasteiger partial charge in [-0.1, -0.05) is 19.3 Å². The first-order valence-corrected chi connectivity index (χ1v) is 5.13. The molecule has 14 heavy (non-hydrogen) atoms. The molecule has 1 rings (SSSR count). The van der Waals surface area contributed by atoms with Crippen LogP contribution < -0.4 is 5.73 Å². The highest BCUT2D eigenvalue weighted by molar-refractivity contribution is 5.73. The second kappa shape index (κ2) is 4.75. The molecule has 3 N–H and O–H groups in total. The van der Waals surface area contributed by atoms with Crippen LogP contribution in [0.5, 0.6) is 0 Å². The molecule has 1 aliphatic rings. The largest absolute Gasteiger partial charge is 0.480 e. The van der Waals surface area contributed by atoms with Gasteiger partial charge in [0.2, 0.25) is 0 Å². The molecule has 1 atom stereocenters. The Bertz CT molecular complexity index is 200. The molecule has 4 nitrogen and oxygen atoms in total. The fourth-order valence-corrected chi connectivity index (χ4v) is 2.18. The Balaban J connectivity index is 2.55. The number of nitrogens with two attached hydrogens (primary N) is 1. The topological polar surface area (TPSA) is 72.5 Å². The molecule has 0 amide bonds. The molecule has 4 heteroatoms. The van der Waals surface area contributed by atoms with Crippen molar-refractivity contribution in [1.29, 1.82) is 0 Å². The van der Waals surface area contributed by atoms with E-state index in [0.29, 0.717) is 6.42 Å². The van der Waals surface area contributed by atoms with Gasteiger partial charge in [0.05, 0.1) is 5.60 Å². The number of carboxylic acids is 1. The lowest BCUT2D eigenvalue weighted by atomic mass is 9.80. The molecule has 1 aliphatic carbocycles. The van der Waals surface area contributed by atoms with Crippen molar-refractivity contribution in [3.05, 3.63) is 0 Å². The van der Waals surface area contributed by atoms with Crippen molar-refractivity contribution in [2.24, 2.45) is 5.73 Å². The zero-order valence-electron chi connectivity index (χ0n) is 8.66. The van der Waals surface area contributed by atoms with Crippen LogP contribution in [0, 0.1) is 0 Å². The minimum atomic E-state index is -0.938. The number of hydrogen-bond donors (Lipinski definition) is 2. The Hall–Kier alpha value is -0.610. The number of hydrogen-bond acceptors (Lipinski definition) is 3. The van der Waals surface area contributed by atoms with Gasteiger partial charge in [-0.25, -0.2) is 0 Å². The summed E-state index contributed by atoms with van der Waals surface area (Å²) in [7, 11) is 1.65. The van der Waals surface area contributed by atoms with Crippen LogP contribution >= 0.6 is 0 Å². The van der Waals surface area contributed by atoms with Crippen molar-refractivity contribution < 1.29 is 14.6 Å². The van der Waals surface area contributed by atoms with Gasteiger partial charge in [0.1, 0.15) is 6.04 Å². The lowest BCUT2D eigenvalue weighted by Crippen LogP contribution is -2.43. The molecule has 0 aromatic rings. The predicted octanol–water partition coefficient (Wildman–Crippen LogP) is 1.14. The van der Waals surface area contributed by atoms with E-state index in [1.807, 2.05) is 0 Å². The number of aliphatic carboxylic acids is 1. The normalized spacial score (nSPS) is 23.0. The van der Waals surface area contributed by atoms with Crippen molar-refractivity contribution in [3.8, 4) is 0 Å². The highest BCUT2D eigenvalue weighted by atomic mass is 16.5. The summed E-state index contributed by atoms with van der Waals surface area (Å²) in [6.07, 6.45) is 5.74. The molecule has 1 unspecified atom stereocenters. The summed E-state index contributed by atoms with van der Waals surface area (Å²) in [5.74, 6) is -0.938. The molecule has 0 saturated heterocycles. The fraction of sp³-hybridized carbons (Fsp3) is 0.900. The quantitative estimate of drug-likeness (QED) is 0.715. The molecule has 82 valence electrons. The van der Waals surface area contributed by atoms with Crippen LogP contribution in [-0.4, -0.2) is 29.8 Å². The third kappa shape index (κ3) is 2.69. The number of methoxy groups -OCH3 is 1. The van der Waals surface area contributed by atoms with Crippen molar-refractivity contribution in [3.63, 3.8) is 0 Å². The maximum absolute atomic E-state index is 10.7. The second-order valence-corrected chi connectivity index (χ2v) is 4.10. The second-order valence-electron chi connectivity index (χ2n) is 4.10. The Labute approximate surface area is 84.4 Å². The summed E-state index contributed by atoms with van der Waals surface area (Å²) in [6, 6.07) is -0.798. The Morgan fingerprint density at radius 1 is 1.50 bits per heavy atom. The van der Waals surface area contributed by atoms with Crippen LogP contribution in [0.1, 0.15) is 38.5 Å². The van der Waals surface area contributed by atoms with E-state index in [-0.39, 0.29) is 5.60 Å². The van der Waals surface area contributed by atoms with Crippen LogP contribution in [0.2, 0.25) is 0 Å². The SMILES string of the molecule is COC1(CC(N)C(=O)O)CCCCC1. The van der Waals surface area contributed by atoms with E-state index in [0.717, 1.165) is 25.7 Å². The summed E-state index contributed by atoms with van der Waals surface area (Å²) in [4.78, 5) is 10.7. The van der Waals surface area contributed by atoms with E-state index in [9.17, 15) is 4.79 Å². The fourth-order valence-electron chi connectivity index (χ4n) is 2.18. The summed E-state index contributed by atoms with van der Waals surface area (Å²) in [6.45, 7) is 0. The number of rotatable bonds is 4. The van der Waals surface area contributed by atoms with Gasteiger partial charge >= 0.3 is 5.97 Å². The Morgan fingerprint density at radius 2 is 2.07 bits per heavy atom. The van der Waals surface area contributed by atoms with Gasteiger partial charge in [0.25, 0.3) is 0 Å². The van der Waals surface area contributed by atoms with Crippen LogP contribution in [0.3, 0.4) is 0 Å². The molecule has 0 heterocycles. The van der Waals surface area contributed by atoms with Crippen molar-refractivity contribution in [2.75, 3.05) is 7.11 Å². The molecule has 0 aliphatic heterocycles. The molecule has 0 radical (unpaired) electrons. The van der Waals surface area contributed by atoms with E-state index >= 15 is 0 Å². The molecule has 0 aromatic carbocycles. The van der Waals surface area contributed by atoms with E-state index in [1.54, 1.807) is 7.11 Å². The molecular formula is C10H19NO3. The van der Waals surface area contributed by atoms with Crippen LogP contribution in [0.4, 0.5) is 0 Å². The maximum atomic E-state index is 10.7. The zero-order valence-corrected chi connectivity index (χ0v) is 8.66. The van der Waals surface area contributed by atoms with Crippen molar-refractivity contribution in [2.45, 2.75) is 50.2 Å². The van der Waals surface area contributed by atoms with Gasteiger partial charge in [-0.2, -0.15) is 0 Å². The lowest BCUT2D eigenvalue weighted by Gasteiger charge is -2.37. The highest BCUT2D eigenvalue weighted by Crippen LogP contribution is 2.34. The summed E-state index contributed by atoms with van der Waals surface area (Å²) < 4.78 is 5.46. The minimum Gasteiger partial charge on any atom is -0.480 e. The average molecular weight is 201 g/mol. The summed E-state index contributed by atoms with van der Waals surface area (Å²) in [5.41, 5.74) is 5.25. The first-order valence-electron chi connectivity index (χ1n) is 5.13. The van der Waals surface area contributed by atoms with Crippen LogP contribution in [0.15, 0.2) is 0 Å². The number of ether oxygens (including phenoxy) is 1. The molecule has 1 saturated carbocycles. The standard InChI is InChI=1S/C10H19NO3/c1-14-10(5-3-2-4-6-10)7-8(11)9(12)13/h8H,2-7,11H2,1H3,(H,12,13). The number of carbonyl (C=O) groups is 1. The van der Waals surface area contributed by atoms with Crippen LogP contribution in [-0.2, 0) is 9.53 Å². The van der Waals surface area contributed by atoms with E-state index in [2.05, 4.69) is 0 Å². The lowest BCUT2D eigenvalue weighted by molar-refractivity contribution is -0.141. The van der Waals surface area contributed by atoms with Gasteiger partial charge in [-0.15, -0.1) is 0 Å². The minimum absolute atomic E-state index is 0.282. The Morgan fingerprint density at radius 3 is 2.50 bits per heavy atom. The molecule has 0 bridgehead atoms. The third-order valence-corrected chi connectivity index (χ3v) is 3.11. The molecule has 1 fully saturated rings. The molecule has 0 spiro atoms. The first-order chi connectivity index (χ1) is 6.59. The Kier molecular flexibility index (Phi) is 3.89. The van der Waals surface area contributed by atoms with Gasteiger partial charge < -0.3 is 15.6 Å². The van der Waals surface area contributed by atoms with Crippen molar-refractivity contribution >= 4 is 5.97 Å². The van der Waals surface area contributed by atoms with Gasteiger partial charge in [0, 0.05) is 13.5 Å². The maximum Gasteiger partial charge on any atom is 0.320 e. The first kappa shape index (κ1) is 11.5. The monoisotopic (exact) mass is 201 g/mol. The zero-order chi connectivity index (χ0) is 10.6. The van der Waals surface area contributed by atoms with Crippen LogP contribution in [0.25, 0.3) is 0 Å². The van der Waals surface area contributed by atoms with E-state index in [4.69, 9.17) is 15.6 Å². The number of carboxylic acid groups (broad SMARTS) is 1. The molecule has 0 aromatic heterocycles. The van der Waals surface area contributed by atoms with E-state index in [1.165, 1.54) is 6.42 Å². The van der Waals surface area contributed by atoms with Gasteiger partial charge in [0.15, 0.2) is 0 Å². The predicted molar refractivity (Wildman–Crippen MR) is 53.1 cm³/mol. The molecular weight excluding hydrogens is 182 g/mol. The van der Waals surface area contributed by atoms with Gasteiger partial charge in [-0.05, 0) is 12.8 Å². The average Bonchev–Trinajstić information content (AvgIpc) is 2.19. The van der Waals surface area contributed by atoms with Gasteiger partial charge in [-0.3, -0.25) is 4.79 Å². The van der Waals surface area contributed by atoms with Crippen molar-refractivity contribution in [1.82, 2.24) is 0 Å². The van der Waals surface area contributed by atoms with E-state index < -0.39 is 12.0 Å². The highest BCUT2D eigenvalue weighted by Gasteiger charge is 2.35. The summed E-state index contributed by atoms with van der Waals surface area (Å²) >= 11 is 0. The smallest absolute Gasteiger partial charge is 0.320 e. The summed E-state index contributed by atoms with van der Waals surface area (Å²) in [5, 5.41) is 8.74. The third-order valence-electron chi connectivity index (χ3n) is 3.11.